The van der Waals surface area contributed by atoms with Crippen LogP contribution in [-0.4, -0.2) is 24.8 Å². The van der Waals surface area contributed by atoms with E-state index < -0.39 is 0 Å². The normalized spacial score (nSPS) is 10.1. The number of rotatable bonds is 6. The molecule has 5 nitrogen and oxygen atoms in total. The fourth-order valence-electron chi connectivity index (χ4n) is 1.84. The number of hydrogen-bond donors (Lipinski definition) is 2. The predicted molar refractivity (Wildman–Crippen MR) is 85.1 cm³/mol. The zero-order chi connectivity index (χ0) is 15.9. The number of ether oxygens (including phenoxy) is 1. The number of amides is 1. The van der Waals surface area contributed by atoms with E-state index in [1.165, 1.54) is 0 Å². The van der Waals surface area contributed by atoms with Gasteiger partial charge < -0.3 is 15.8 Å². The van der Waals surface area contributed by atoms with Crippen molar-refractivity contribution < 1.29 is 14.3 Å². The van der Waals surface area contributed by atoms with Crippen LogP contribution in [0.25, 0.3) is 0 Å². The second-order valence-electron chi connectivity index (χ2n) is 4.85. The van der Waals surface area contributed by atoms with Gasteiger partial charge in [0.25, 0.3) is 5.91 Å². The zero-order valence-corrected chi connectivity index (χ0v) is 12.3. The van der Waals surface area contributed by atoms with E-state index in [-0.39, 0.29) is 24.8 Å². The summed E-state index contributed by atoms with van der Waals surface area (Å²) in [4.78, 5) is 23.2. The maximum absolute atomic E-state index is 11.8. The minimum atomic E-state index is -0.265. The van der Waals surface area contributed by atoms with E-state index in [0.717, 1.165) is 5.56 Å². The van der Waals surface area contributed by atoms with Crippen molar-refractivity contribution in [1.82, 2.24) is 0 Å². The smallest absolute Gasteiger partial charge is 0.262 e. The first kappa shape index (κ1) is 15.7. The van der Waals surface area contributed by atoms with Gasteiger partial charge in [-0.05, 0) is 43.3 Å². The maximum atomic E-state index is 11.8. The molecule has 0 saturated carbocycles. The predicted octanol–water partition coefficient (Wildman–Crippen LogP) is 2.15. The van der Waals surface area contributed by atoms with Crippen molar-refractivity contribution in [3.63, 3.8) is 0 Å². The minimum Gasteiger partial charge on any atom is -0.484 e. The number of hydrogen-bond acceptors (Lipinski definition) is 4. The zero-order valence-electron chi connectivity index (χ0n) is 12.3. The molecule has 5 heteroatoms. The molecule has 0 aliphatic heterocycles. The molecular formula is C17H18N2O3. The third-order valence-corrected chi connectivity index (χ3v) is 3.07. The summed E-state index contributed by atoms with van der Waals surface area (Å²) in [5.74, 6) is 0.240. The molecule has 0 aliphatic carbocycles. The van der Waals surface area contributed by atoms with Gasteiger partial charge in [-0.2, -0.15) is 0 Å². The van der Waals surface area contributed by atoms with Gasteiger partial charge in [0, 0.05) is 11.3 Å². The van der Waals surface area contributed by atoms with Crippen LogP contribution in [-0.2, 0) is 4.79 Å². The van der Waals surface area contributed by atoms with Gasteiger partial charge in [-0.3, -0.25) is 9.59 Å². The van der Waals surface area contributed by atoms with Crippen molar-refractivity contribution in [3.05, 3.63) is 59.7 Å². The Morgan fingerprint density at radius 2 is 1.68 bits per heavy atom. The highest BCUT2D eigenvalue weighted by Crippen LogP contribution is 2.12. The van der Waals surface area contributed by atoms with Gasteiger partial charge in [0.05, 0.1) is 6.54 Å². The van der Waals surface area contributed by atoms with Crippen LogP contribution in [0.3, 0.4) is 0 Å². The fourth-order valence-corrected chi connectivity index (χ4v) is 1.84. The first-order valence-electron chi connectivity index (χ1n) is 6.91. The van der Waals surface area contributed by atoms with Crippen LogP contribution < -0.4 is 15.8 Å². The Bertz CT molecular complexity index is 649. The second kappa shape index (κ2) is 7.38. The molecule has 0 bridgehead atoms. The number of anilines is 1. The first-order chi connectivity index (χ1) is 10.6. The SMILES string of the molecule is Cc1ccc(OCC(=O)Nc2ccc(C(=O)CN)cc2)cc1. The molecular weight excluding hydrogens is 280 g/mol. The molecule has 0 aromatic heterocycles. The number of nitrogens with two attached hydrogens (primary N) is 1. The van der Waals surface area contributed by atoms with Crippen molar-refractivity contribution in [1.29, 1.82) is 0 Å². The quantitative estimate of drug-likeness (QED) is 0.801. The summed E-state index contributed by atoms with van der Waals surface area (Å²) in [5.41, 5.74) is 7.55. The lowest BCUT2D eigenvalue weighted by Gasteiger charge is -2.08. The van der Waals surface area contributed by atoms with Crippen LogP contribution in [0.4, 0.5) is 5.69 Å². The summed E-state index contributed by atoms with van der Waals surface area (Å²) in [6.45, 7) is 1.87. The van der Waals surface area contributed by atoms with Crippen molar-refractivity contribution in [2.24, 2.45) is 5.73 Å². The van der Waals surface area contributed by atoms with E-state index in [0.29, 0.717) is 17.0 Å². The molecule has 0 atom stereocenters. The lowest BCUT2D eigenvalue weighted by molar-refractivity contribution is -0.118. The largest absolute Gasteiger partial charge is 0.484 e. The summed E-state index contributed by atoms with van der Waals surface area (Å²) < 4.78 is 5.39. The summed E-state index contributed by atoms with van der Waals surface area (Å²) in [5, 5.41) is 2.70. The molecule has 0 heterocycles. The average molecular weight is 298 g/mol. The van der Waals surface area contributed by atoms with Gasteiger partial charge in [-0.15, -0.1) is 0 Å². The Morgan fingerprint density at radius 1 is 1.05 bits per heavy atom. The number of ketones is 1. The van der Waals surface area contributed by atoms with Gasteiger partial charge in [-0.25, -0.2) is 0 Å². The van der Waals surface area contributed by atoms with Crippen LogP contribution in [0.5, 0.6) is 5.75 Å². The Labute approximate surface area is 129 Å². The lowest BCUT2D eigenvalue weighted by Crippen LogP contribution is -2.20. The number of Topliss-reactive ketones (excluding diaryl/α,β-unsaturated/α-hetero) is 1. The Kier molecular flexibility index (Phi) is 5.27. The Morgan fingerprint density at radius 3 is 2.27 bits per heavy atom. The van der Waals surface area contributed by atoms with Crippen LogP contribution >= 0.6 is 0 Å². The van der Waals surface area contributed by atoms with Crippen molar-refractivity contribution in [2.45, 2.75) is 6.92 Å². The lowest BCUT2D eigenvalue weighted by atomic mass is 10.1. The van der Waals surface area contributed by atoms with Crippen LogP contribution in [0.15, 0.2) is 48.5 Å². The van der Waals surface area contributed by atoms with Crippen molar-refractivity contribution in [3.8, 4) is 5.75 Å². The topological polar surface area (TPSA) is 81.4 Å². The van der Waals surface area contributed by atoms with Crippen LogP contribution in [0.2, 0.25) is 0 Å². The van der Waals surface area contributed by atoms with Crippen LogP contribution in [0.1, 0.15) is 15.9 Å². The molecule has 0 aliphatic rings. The van der Waals surface area contributed by atoms with E-state index in [1.807, 2.05) is 31.2 Å². The molecule has 3 N–H and O–H groups in total. The Hall–Kier alpha value is -2.66. The molecule has 0 spiro atoms. The number of benzene rings is 2. The summed E-state index contributed by atoms with van der Waals surface area (Å²) >= 11 is 0. The van der Waals surface area contributed by atoms with E-state index in [2.05, 4.69) is 5.32 Å². The van der Waals surface area contributed by atoms with Gasteiger partial charge in [0.2, 0.25) is 0 Å². The molecule has 0 unspecified atom stereocenters. The molecule has 22 heavy (non-hydrogen) atoms. The van der Waals surface area contributed by atoms with Gasteiger partial charge in [0.1, 0.15) is 5.75 Å². The second-order valence-corrected chi connectivity index (χ2v) is 4.85. The summed E-state index contributed by atoms with van der Waals surface area (Å²) in [6.07, 6.45) is 0. The summed E-state index contributed by atoms with van der Waals surface area (Å²) in [7, 11) is 0. The molecule has 1 amide bonds. The highest BCUT2D eigenvalue weighted by Gasteiger charge is 2.06. The molecule has 2 rings (SSSR count). The molecule has 0 radical (unpaired) electrons. The standard InChI is InChI=1S/C17H18N2O3/c1-12-2-8-15(9-3-12)22-11-17(21)19-14-6-4-13(5-7-14)16(20)10-18/h2-9H,10-11,18H2,1H3,(H,19,21). The Balaban J connectivity index is 1.86. The number of aryl methyl sites for hydroxylation is 1. The van der Waals surface area contributed by atoms with Crippen LogP contribution in [0, 0.1) is 6.92 Å². The van der Waals surface area contributed by atoms with Gasteiger partial charge in [0.15, 0.2) is 12.4 Å². The highest BCUT2D eigenvalue weighted by atomic mass is 16.5. The van der Waals surface area contributed by atoms with E-state index in [4.69, 9.17) is 10.5 Å². The fraction of sp³-hybridized carbons (Fsp3) is 0.176. The monoisotopic (exact) mass is 298 g/mol. The first-order valence-corrected chi connectivity index (χ1v) is 6.91. The third kappa shape index (κ3) is 4.43. The van der Waals surface area contributed by atoms with E-state index >= 15 is 0 Å². The minimum absolute atomic E-state index is 0.0317. The average Bonchev–Trinajstić information content (AvgIpc) is 2.54. The maximum Gasteiger partial charge on any atom is 0.262 e. The van der Waals surface area contributed by atoms with E-state index in [9.17, 15) is 9.59 Å². The number of nitrogens with one attached hydrogen (secondary N) is 1. The van der Waals surface area contributed by atoms with Gasteiger partial charge in [-0.1, -0.05) is 17.7 Å². The molecule has 0 saturated heterocycles. The highest BCUT2D eigenvalue weighted by molar-refractivity contribution is 5.98. The molecule has 0 fully saturated rings. The van der Waals surface area contributed by atoms with Gasteiger partial charge >= 0.3 is 0 Å². The number of carbonyl (C=O) groups is 2. The van der Waals surface area contributed by atoms with Crippen molar-refractivity contribution in [2.75, 3.05) is 18.5 Å². The molecule has 2 aromatic rings. The number of carbonyl (C=O) groups excluding carboxylic acids is 2. The molecule has 2 aromatic carbocycles. The molecule has 114 valence electrons. The van der Waals surface area contributed by atoms with Crippen molar-refractivity contribution >= 4 is 17.4 Å². The third-order valence-electron chi connectivity index (χ3n) is 3.07. The van der Waals surface area contributed by atoms with E-state index in [1.54, 1.807) is 24.3 Å². The summed E-state index contributed by atoms with van der Waals surface area (Å²) in [6, 6.07) is 14.0.